The molecule has 0 radical (unpaired) electrons. The van der Waals surface area contributed by atoms with Crippen molar-refractivity contribution in [3.63, 3.8) is 0 Å². The third kappa shape index (κ3) is 8.36. The maximum absolute atomic E-state index is 13.6. The molecule has 0 saturated carbocycles. The van der Waals surface area contributed by atoms with Crippen molar-refractivity contribution < 1.29 is 4.79 Å². The molecular formula is C33H38N6O. The summed E-state index contributed by atoms with van der Waals surface area (Å²) >= 11 is 0. The number of aromatic nitrogens is 3. The molecule has 7 nitrogen and oxygen atoms in total. The number of nitrogens with one attached hydrogen (secondary N) is 2. The molecule has 2 aromatic heterocycles. The highest BCUT2D eigenvalue weighted by molar-refractivity contribution is 5.95. The van der Waals surface area contributed by atoms with Gasteiger partial charge in [-0.3, -0.25) is 9.48 Å². The van der Waals surface area contributed by atoms with Crippen LogP contribution in [0.3, 0.4) is 0 Å². The number of carbonyl (C=O) groups is 1. The van der Waals surface area contributed by atoms with Gasteiger partial charge in [0.2, 0.25) is 5.91 Å². The summed E-state index contributed by atoms with van der Waals surface area (Å²) in [6, 6.07) is 22.0. The topological polar surface area (TPSA) is 95.6 Å². The Hall–Kier alpha value is -4.28. The first-order chi connectivity index (χ1) is 19.6. The van der Waals surface area contributed by atoms with E-state index in [2.05, 4.69) is 51.9 Å². The van der Waals surface area contributed by atoms with Crippen molar-refractivity contribution in [1.82, 2.24) is 20.1 Å². The predicted octanol–water partition coefficient (Wildman–Crippen LogP) is 6.03. The summed E-state index contributed by atoms with van der Waals surface area (Å²) in [4.78, 5) is 18.1. The third-order valence-electron chi connectivity index (χ3n) is 7.06. The van der Waals surface area contributed by atoms with Gasteiger partial charge in [-0.2, -0.15) is 10.4 Å². The average molecular weight is 535 g/mol. The van der Waals surface area contributed by atoms with E-state index in [1.54, 1.807) is 17.1 Å². The second-order valence-corrected chi connectivity index (χ2v) is 10.2. The minimum atomic E-state index is -0.364. The number of amides is 1. The number of hydrogen-bond donors (Lipinski definition) is 2. The Morgan fingerprint density at radius 2 is 1.82 bits per heavy atom. The highest BCUT2D eigenvalue weighted by atomic mass is 16.2. The molecule has 0 fully saturated rings. The van der Waals surface area contributed by atoms with Crippen LogP contribution in [-0.4, -0.2) is 33.8 Å². The third-order valence-corrected chi connectivity index (χ3v) is 7.06. The van der Waals surface area contributed by atoms with E-state index in [-0.39, 0.29) is 11.8 Å². The lowest BCUT2D eigenvalue weighted by Crippen LogP contribution is -2.32. The Morgan fingerprint density at radius 1 is 0.975 bits per heavy atom. The van der Waals surface area contributed by atoms with Crippen LogP contribution < -0.4 is 10.6 Å². The lowest BCUT2D eigenvalue weighted by molar-refractivity contribution is -0.117. The zero-order valence-corrected chi connectivity index (χ0v) is 23.4. The Bertz CT molecular complexity index is 1400. The first-order valence-electron chi connectivity index (χ1n) is 14.1. The molecule has 40 heavy (non-hydrogen) atoms. The fourth-order valence-electron chi connectivity index (χ4n) is 4.73. The van der Waals surface area contributed by atoms with E-state index in [0.29, 0.717) is 17.9 Å². The zero-order chi connectivity index (χ0) is 28.2. The molecule has 0 aliphatic rings. The fourth-order valence-corrected chi connectivity index (χ4v) is 4.73. The van der Waals surface area contributed by atoms with Crippen LogP contribution in [0.1, 0.15) is 60.8 Å². The molecule has 0 aliphatic heterocycles. The first kappa shape index (κ1) is 28.7. The van der Waals surface area contributed by atoms with Crippen LogP contribution in [0.5, 0.6) is 0 Å². The Balaban J connectivity index is 1.43. The van der Waals surface area contributed by atoms with Crippen LogP contribution in [0.4, 0.5) is 5.82 Å². The van der Waals surface area contributed by atoms with Crippen molar-refractivity contribution in [2.45, 2.75) is 51.4 Å². The van der Waals surface area contributed by atoms with Gasteiger partial charge in [0.15, 0.2) is 0 Å². The molecule has 4 aromatic rings. The number of benzene rings is 2. The molecule has 0 saturated heterocycles. The number of rotatable bonds is 14. The van der Waals surface area contributed by atoms with Gasteiger partial charge in [0.05, 0.1) is 23.7 Å². The normalized spacial score (nSPS) is 11.6. The summed E-state index contributed by atoms with van der Waals surface area (Å²) in [6.07, 6.45) is 12.2. The SMILES string of the molecule is CCCCCCc1cccc(C(CNCCc2ccc(C#N)cc2)C(=O)Nc2ccc(-c3cnn(C)c3)cn2)c1. The van der Waals surface area contributed by atoms with E-state index in [0.717, 1.165) is 48.1 Å². The van der Waals surface area contributed by atoms with Crippen molar-refractivity contribution in [3.8, 4) is 17.2 Å². The number of anilines is 1. The second kappa shape index (κ2) is 14.8. The summed E-state index contributed by atoms with van der Waals surface area (Å²) in [5.74, 6) is 0.0722. The summed E-state index contributed by atoms with van der Waals surface area (Å²) in [5.41, 5.74) is 6.01. The van der Waals surface area contributed by atoms with E-state index < -0.39 is 0 Å². The Kier molecular flexibility index (Phi) is 10.6. The Morgan fingerprint density at radius 3 is 2.52 bits per heavy atom. The molecule has 0 bridgehead atoms. The minimum absolute atomic E-state index is 0.0874. The van der Waals surface area contributed by atoms with Gasteiger partial charge in [-0.25, -0.2) is 4.98 Å². The molecule has 2 aromatic carbocycles. The van der Waals surface area contributed by atoms with Gasteiger partial charge in [0, 0.05) is 37.1 Å². The molecule has 2 heterocycles. The number of carbonyl (C=O) groups excluding carboxylic acids is 1. The zero-order valence-electron chi connectivity index (χ0n) is 23.4. The van der Waals surface area contributed by atoms with E-state index >= 15 is 0 Å². The smallest absolute Gasteiger partial charge is 0.234 e. The van der Waals surface area contributed by atoms with E-state index in [1.165, 1.54) is 24.8 Å². The van der Waals surface area contributed by atoms with Gasteiger partial charge < -0.3 is 10.6 Å². The molecule has 4 rings (SSSR count). The lowest BCUT2D eigenvalue weighted by Gasteiger charge is -2.19. The number of nitriles is 1. The Labute approximate surface area is 237 Å². The summed E-state index contributed by atoms with van der Waals surface area (Å²) < 4.78 is 1.75. The lowest BCUT2D eigenvalue weighted by atomic mass is 9.94. The van der Waals surface area contributed by atoms with Gasteiger partial charge in [0.25, 0.3) is 0 Å². The fraction of sp³-hybridized carbons (Fsp3) is 0.333. The van der Waals surface area contributed by atoms with E-state index in [9.17, 15) is 4.79 Å². The second-order valence-electron chi connectivity index (χ2n) is 10.2. The molecule has 1 amide bonds. The van der Waals surface area contributed by atoms with Crippen LogP contribution in [-0.2, 0) is 24.7 Å². The number of aryl methyl sites for hydroxylation is 2. The monoisotopic (exact) mass is 534 g/mol. The van der Waals surface area contributed by atoms with Crippen molar-refractivity contribution in [2.24, 2.45) is 7.05 Å². The molecule has 1 atom stereocenters. The van der Waals surface area contributed by atoms with Crippen LogP contribution in [0.15, 0.2) is 79.3 Å². The molecule has 7 heteroatoms. The van der Waals surface area contributed by atoms with Crippen LogP contribution in [0.2, 0.25) is 0 Å². The number of unbranched alkanes of at least 4 members (excludes halogenated alkanes) is 3. The molecule has 0 aliphatic carbocycles. The van der Waals surface area contributed by atoms with Gasteiger partial charge in [-0.05, 0) is 66.8 Å². The maximum atomic E-state index is 13.6. The van der Waals surface area contributed by atoms with E-state index in [1.807, 2.05) is 55.7 Å². The number of nitrogens with zero attached hydrogens (tertiary/aromatic N) is 4. The molecule has 0 spiro atoms. The molecule has 206 valence electrons. The molecular weight excluding hydrogens is 496 g/mol. The summed E-state index contributed by atoms with van der Waals surface area (Å²) in [6.45, 7) is 3.46. The van der Waals surface area contributed by atoms with Gasteiger partial charge in [-0.1, -0.05) is 62.6 Å². The summed E-state index contributed by atoms with van der Waals surface area (Å²) in [5, 5.41) is 19.8. The van der Waals surface area contributed by atoms with Crippen LogP contribution in [0.25, 0.3) is 11.1 Å². The number of hydrogen-bond acceptors (Lipinski definition) is 5. The number of pyridine rings is 1. The van der Waals surface area contributed by atoms with Crippen molar-refractivity contribution in [3.05, 3.63) is 102 Å². The van der Waals surface area contributed by atoms with Gasteiger partial charge in [0.1, 0.15) is 5.82 Å². The highest BCUT2D eigenvalue weighted by Crippen LogP contribution is 2.22. The summed E-state index contributed by atoms with van der Waals surface area (Å²) in [7, 11) is 1.88. The van der Waals surface area contributed by atoms with Gasteiger partial charge in [-0.15, -0.1) is 0 Å². The average Bonchev–Trinajstić information content (AvgIpc) is 3.42. The van der Waals surface area contributed by atoms with Crippen molar-refractivity contribution in [1.29, 1.82) is 5.26 Å². The molecule has 2 N–H and O–H groups in total. The van der Waals surface area contributed by atoms with E-state index in [4.69, 9.17) is 5.26 Å². The largest absolute Gasteiger partial charge is 0.315 e. The first-order valence-corrected chi connectivity index (χ1v) is 14.1. The molecule has 1 unspecified atom stereocenters. The predicted molar refractivity (Wildman–Crippen MR) is 160 cm³/mol. The van der Waals surface area contributed by atoms with Crippen LogP contribution >= 0.6 is 0 Å². The standard InChI is InChI=1S/C33H38N6O/c1-3-4-5-6-8-26-9-7-10-28(19-26)31(23-35-18-17-25-11-13-27(20-34)14-12-25)33(40)38-32-16-15-29(21-36-32)30-22-37-39(2)24-30/h7,9-16,19,21-22,24,31,35H,3-6,8,17-18,23H2,1-2H3,(H,36,38,40). The maximum Gasteiger partial charge on any atom is 0.234 e. The van der Waals surface area contributed by atoms with Gasteiger partial charge >= 0.3 is 0 Å². The highest BCUT2D eigenvalue weighted by Gasteiger charge is 2.21. The van der Waals surface area contributed by atoms with Crippen LogP contribution in [0, 0.1) is 11.3 Å². The quantitative estimate of drug-likeness (QED) is 0.193. The van der Waals surface area contributed by atoms with Crippen molar-refractivity contribution >= 4 is 11.7 Å². The van der Waals surface area contributed by atoms with Crippen molar-refractivity contribution in [2.75, 3.05) is 18.4 Å². The minimum Gasteiger partial charge on any atom is -0.315 e.